The largest absolute Gasteiger partial charge is 0.486 e. The number of benzene rings is 1. The smallest absolute Gasteiger partial charge is 0.140 e. The molecule has 2 aromatic rings. The lowest BCUT2D eigenvalue weighted by Gasteiger charge is -2.14. The molecule has 0 aliphatic carbocycles. The minimum atomic E-state index is -0.453. The average Bonchev–Trinajstić information content (AvgIpc) is 2.85. The summed E-state index contributed by atoms with van der Waals surface area (Å²) in [5.74, 6) is 0.840. The van der Waals surface area contributed by atoms with Gasteiger partial charge < -0.3 is 9.84 Å². The van der Waals surface area contributed by atoms with Crippen LogP contribution < -0.4 is 4.74 Å². The minimum absolute atomic E-state index is 0.0730. The zero-order chi connectivity index (χ0) is 15.6. The van der Waals surface area contributed by atoms with Crippen LogP contribution in [0.1, 0.15) is 55.6 Å². The zero-order valence-corrected chi connectivity index (χ0v) is 14.1. The van der Waals surface area contributed by atoms with Gasteiger partial charge in [0, 0.05) is 10.8 Å². The molecule has 1 unspecified atom stereocenters. The lowest BCUT2D eigenvalue weighted by Crippen LogP contribution is -2.11. The van der Waals surface area contributed by atoms with Crippen molar-refractivity contribution in [2.24, 2.45) is 0 Å². The highest BCUT2D eigenvalue weighted by Crippen LogP contribution is 2.26. The van der Waals surface area contributed by atoms with Crippen molar-refractivity contribution in [3.63, 3.8) is 0 Å². The molecule has 0 saturated carbocycles. The van der Waals surface area contributed by atoms with E-state index in [0.29, 0.717) is 6.61 Å². The number of aliphatic hydroxyl groups excluding tert-OH is 1. The van der Waals surface area contributed by atoms with Gasteiger partial charge in [-0.2, -0.15) is 0 Å². The van der Waals surface area contributed by atoms with E-state index >= 15 is 0 Å². The highest BCUT2D eigenvalue weighted by Gasteiger charge is 2.17. The fourth-order valence-corrected chi connectivity index (χ4v) is 2.89. The summed E-state index contributed by atoms with van der Waals surface area (Å²) < 4.78 is 5.85. The molecule has 1 aromatic carbocycles. The van der Waals surface area contributed by atoms with Gasteiger partial charge in [-0.1, -0.05) is 26.8 Å². The maximum absolute atomic E-state index is 9.58. The van der Waals surface area contributed by atoms with E-state index < -0.39 is 6.10 Å². The summed E-state index contributed by atoms with van der Waals surface area (Å²) in [5, 5.41) is 12.7. The number of aryl methyl sites for hydroxylation is 1. The van der Waals surface area contributed by atoms with Crippen LogP contribution in [-0.4, -0.2) is 10.1 Å². The molecule has 4 heteroatoms. The van der Waals surface area contributed by atoms with Crippen molar-refractivity contribution in [1.29, 1.82) is 0 Å². The van der Waals surface area contributed by atoms with Gasteiger partial charge in [0.15, 0.2) is 0 Å². The summed E-state index contributed by atoms with van der Waals surface area (Å²) in [6.45, 7) is 10.7. The molecule has 2 rings (SSSR count). The van der Waals surface area contributed by atoms with Crippen LogP contribution >= 0.6 is 11.3 Å². The Balaban J connectivity index is 2.05. The summed E-state index contributed by atoms with van der Waals surface area (Å²) in [4.78, 5) is 4.63. The third-order valence-electron chi connectivity index (χ3n) is 3.35. The molecule has 1 N–H and O–H groups in total. The second kappa shape index (κ2) is 6.16. The molecule has 1 aromatic heterocycles. The molecular weight excluding hydrogens is 282 g/mol. The van der Waals surface area contributed by atoms with Crippen LogP contribution in [0, 0.1) is 6.92 Å². The zero-order valence-electron chi connectivity index (χ0n) is 13.3. The molecule has 21 heavy (non-hydrogen) atoms. The molecule has 1 atom stereocenters. The van der Waals surface area contributed by atoms with E-state index in [1.807, 2.05) is 25.1 Å². The first-order valence-electron chi connectivity index (χ1n) is 7.13. The number of aliphatic hydroxyl groups is 1. The number of nitrogens with zero attached hydrogens (tertiary/aromatic N) is 1. The fourth-order valence-electron chi connectivity index (χ4n) is 1.96. The third kappa shape index (κ3) is 4.05. The Kier molecular flexibility index (Phi) is 4.69. The quantitative estimate of drug-likeness (QED) is 0.911. The number of hydrogen-bond donors (Lipinski definition) is 1. The molecule has 0 spiro atoms. The molecule has 0 saturated heterocycles. The highest BCUT2D eigenvalue weighted by molar-refractivity contribution is 7.09. The standard InChI is InChI=1S/C17H23NO2S/c1-11-8-13(12(2)19)6-7-14(11)20-9-16-18-15(10-21-16)17(3,4)5/h6-8,10,12,19H,9H2,1-5H3. The maximum Gasteiger partial charge on any atom is 0.140 e. The van der Waals surface area contributed by atoms with Crippen LogP contribution in [0.3, 0.4) is 0 Å². The average molecular weight is 305 g/mol. The predicted molar refractivity (Wildman–Crippen MR) is 87.0 cm³/mol. The number of ether oxygens (including phenoxy) is 1. The van der Waals surface area contributed by atoms with Crippen LogP contribution in [0.15, 0.2) is 23.6 Å². The normalized spacial score (nSPS) is 13.2. The van der Waals surface area contributed by atoms with E-state index in [4.69, 9.17) is 4.74 Å². The van der Waals surface area contributed by atoms with Crippen molar-refractivity contribution in [2.75, 3.05) is 0 Å². The van der Waals surface area contributed by atoms with Gasteiger partial charge in [0.1, 0.15) is 17.4 Å². The van der Waals surface area contributed by atoms with Crippen molar-refractivity contribution >= 4 is 11.3 Å². The lowest BCUT2D eigenvalue weighted by atomic mass is 9.93. The van der Waals surface area contributed by atoms with E-state index in [0.717, 1.165) is 27.6 Å². The summed E-state index contributed by atoms with van der Waals surface area (Å²) in [5.41, 5.74) is 3.11. The van der Waals surface area contributed by atoms with Gasteiger partial charge >= 0.3 is 0 Å². The van der Waals surface area contributed by atoms with Crippen LogP contribution in [0.25, 0.3) is 0 Å². The van der Waals surface area contributed by atoms with E-state index in [1.165, 1.54) is 0 Å². The Morgan fingerprint density at radius 1 is 1.33 bits per heavy atom. The van der Waals surface area contributed by atoms with Crippen molar-refractivity contribution < 1.29 is 9.84 Å². The lowest BCUT2D eigenvalue weighted by molar-refractivity contribution is 0.199. The molecule has 114 valence electrons. The van der Waals surface area contributed by atoms with Gasteiger partial charge in [-0.25, -0.2) is 4.98 Å². The van der Waals surface area contributed by atoms with Gasteiger partial charge in [-0.15, -0.1) is 11.3 Å². The fraction of sp³-hybridized carbons (Fsp3) is 0.471. The number of aromatic nitrogens is 1. The summed E-state index contributed by atoms with van der Waals surface area (Å²) in [7, 11) is 0. The third-order valence-corrected chi connectivity index (χ3v) is 4.18. The van der Waals surface area contributed by atoms with Gasteiger partial charge in [0.25, 0.3) is 0 Å². The first-order chi connectivity index (χ1) is 9.77. The van der Waals surface area contributed by atoms with E-state index in [1.54, 1.807) is 18.3 Å². The van der Waals surface area contributed by atoms with Crippen LogP contribution in [0.5, 0.6) is 5.75 Å². The predicted octanol–water partition coefficient (Wildman–Crippen LogP) is 4.38. The Hall–Kier alpha value is -1.39. The Bertz CT molecular complexity index is 611. The molecule has 0 fully saturated rings. The maximum atomic E-state index is 9.58. The molecule has 0 aliphatic heterocycles. The minimum Gasteiger partial charge on any atom is -0.486 e. The Labute approximate surface area is 130 Å². The van der Waals surface area contributed by atoms with Crippen LogP contribution in [0.2, 0.25) is 0 Å². The monoisotopic (exact) mass is 305 g/mol. The molecule has 0 radical (unpaired) electrons. The van der Waals surface area contributed by atoms with Gasteiger partial charge in [0.2, 0.25) is 0 Å². The number of rotatable bonds is 4. The molecular formula is C17H23NO2S. The van der Waals surface area contributed by atoms with Crippen molar-refractivity contribution in [1.82, 2.24) is 4.98 Å². The summed E-state index contributed by atoms with van der Waals surface area (Å²) in [6, 6.07) is 5.77. The first-order valence-corrected chi connectivity index (χ1v) is 8.01. The number of hydrogen-bond acceptors (Lipinski definition) is 4. The Morgan fingerprint density at radius 3 is 2.57 bits per heavy atom. The first kappa shape index (κ1) is 16.0. The van der Waals surface area contributed by atoms with Gasteiger partial charge in [-0.05, 0) is 37.1 Å². The molecule has 0 aliphatic rings. The second-order valence-corrected chi connectivity index (χ2v) is 7.31. The number of thiazole rings is 1. The molecule has 3 nitrogen and oxygen atoms in total. The topological polar surface area (TPSA) is 42.4 Å². The van der Waals surface area contributed by atoms with E-state index in [-0.39, 0.29) is 5.41 Å². The summed E-state index contributed by atoms with van der Waals surface area (Å²) in [6.07, 6.45) is -0.453. The van der Waals surface area contributed by atoms with Crippen molar-refractivity contribution in [3.8, 4) is 5.75 Å². The molecule has 0 amide bonds. The van der Waals surface area contributed by atoms with Crippen LogP contribution in [-0.2, 0) is 12.0 Å². The highest BCUT2D eigenvalue weighted by atomic mass is 32.1. The van der Waals surface area contributed by atoms with Crippen LogP contribution in [0.4, 0.5) is 0 Å². The van der Waals surface area contributed by atoms with E-state index in [9.17, 15) is 5.11 Å². The van der Waals surface area contributed by atoms with E-state index in [2.05, 4.69) is 31.1 Å². The van der Waals surface area contributed by atoms with Gasteiger partial charge in [-0.3, -0.25) is 0 Å². The Morgan fingerprint density at radius 2 is 2.05 bits per heavy atom. The summed E-state index contributed by atoms with van der Waals surface area (Å²) >= 11 is 1.63. The van der Waals surface area contributed by atoms with Gasteiger partial charge in [0.05, 0.1) is 11.8 Å². The van der Waals surface area contributed by atoms with Crippen molar-refractivity contribution in [2.45, 2.75) is 52.7 Å². The molecule has 1 heterocycles. The van der Waals surface area contributed by atoms with Crippen molar-refractivity contribution in [3.05, 3.63) is 45.4 Å². The SMILES string of the molecule is Cc1cc(C(C)O)ccc1OCc1nc(C(C)(C)C)cs1. The second-order valence-electron chi connectivity index (χ2n) is 6.37. The molecule has 0 bridgehead atoms.